The first-order valence-corrected chi connectivity index (χ1v) is 6.09. The molecule has 5 heteroatoms. The molecular weight excluding hydrogens is 216 g/mol. The summed E-state index contributed by atoms with van der Waals surface area (Å²) in [5.74, 6) is 1.58. The number of nitrogens with one attached hydrogen (secondary N) is 1. The maximum atomic E-state index is 5.31. The van der Waals surface area contributed by atoms with Crippen molar-refractivity contribution in [1.82, 2.24) is 20.2 Å². The summed E-state index contributed by atoms with van der Waals surface area (Å²) in [6.45, 7) is 7.08. The average Bonchev–Trinajstić information content (AvgIpc) is 2.58. The molecule has 1 aromatic rings. The lowest BCUT2D eigenvalue weighted by atomic mass is 10.3. The lowest BCUT2D eigenvalue weighted by molar-refractivity contribution is 0.274. The van der Waals surface area contributed by atoms with Crippen LogP contribution in [0.2, 0.25) is 0 Å². The van der Waals surface area contributed by atoms with Crippen LogP contribution in [-0.2, 0) is 6.54 Å². The van der Waals surface area contributed by atoms with E-state index in [9.17, 15) is 0 Å². The SMILES string of the molecule is COc1cnc(C)nc1CN1CCCNCC1. The lowest BCUT2D eigenvalue weighted by Gasteiger charge is -2.20. The zero-order chi connectivity index (χ0) is 12.1. The minimum absolute atomic E-state index is 0.785. The monoisotopic (exact) mass is 236 g/mol. The Morgan fingerprint density at radius 2 is 2.29 bits per heavy atom. The second-order valence-corrected chi connectivity index (χ2v) is 4.31. The van der Waals surface area contributed by atoms with Crippen LogP contribution in [-0.4, -0.2) is 48.2 Å². The fourth-order valence-electron chi connectivity index (χ4n) is 2.06. The minimum atomic E-state index is 0.785. The fraction of sp³-hybridized carbons (Fsp3) is 0.667. The van der Waals surface area contributed by atoms with Crippen molar-refractivity contribution in [2.45, 2.75) is 19.9 Å². The van der Waals surface area contributed by atoms with Crippen molar-refractivity contribution in [1.29, 1.82) is 0 Å². The van der Waals surface area contributed by atoms with Gasteiger partial charge in [-0.25, -0.2) is 9.97 Å². The molecule has 0 spiro atoms. The molecule has 17 heavy (non-hydrogen) atoms. The second kappa shape index (κ2) is 5.93. The molecule has 1 fully saturated rings. The fourth-order valence-corrected chi connectivity index (χ4v) is 2.06. The van der Waals surface area contributed by atoms with Crippen molar-refractivity contribution in [3.63, 3.8) is 0 Å². The second-order valence-electron chi connectivity index (χ2n) is 4.31. The average molecular weight is 236 g/mol. The molecule has 0 atom stereocenters. The van der Waals surface area contributed by atoms with Gasteiger partial charge < -0.3 is 10.1 Å². The molecule has 1 aliphatic heterocycles. The molecule has 0 saturated carbocycles. The topological polar surface area (TPSA) is 50.3 Å². The molecule has 94 valence electrons. The van der Waals surface area contributed by atoms with Crippen LogP contribution in [0.3, 0.4) is 0 Å². The summed E-state index contributed by atoms with van der Waals surface area (Å²) in [5.41, 5.74) is 0.988. The van der Waals surface area contributed by atoms with Crippen LogP contribution < -0.4 is 10.1 Å². The summed E-state index contributed by atoms with van der Waals surface area (Å²) >= 11 is 0. The molecule has 2 rings (SSSR count). The first kappa shape index (κ1) is 12.3. The maximum absolute atomic E-state index is 5.31. The van der Waals surface area contributed by atoms with Gasteiger partial charge in [0, 0.05) is 19.6 Å². The van der Waals surface area contributed by atoms with Crippen LogP contribution in [0.1, 0.15) is 17.9 Å². The Hall–Kier alpha value is -1.20. The number of ether oxygens (including phenoxy) is 1. The third-order valence-electron chi connectivity index (χ3n) is 2.98. The first-order chi connectivity index (χ1) is 8.29. The Bertz CT molecular complexity index is 362. The number of nitrogens with zero attached hydrogens (tertiary/aromatic N) is 3. The van der Waals surface area contributed by atoms with Gasteiger partial charge in [0.25, 0.3) is 0 Å². The summed E-state index contributed by atoms with van der Waals surface area (Å²) in [6, 6.07) is 0. The zero-order valence-corrected chi connectivity index (χ0v) is 10.6. The van der Waals surface area contributed by atoms with E-state index in [0.717, 1.165) is 50.0 Å². The molecule has 1 saturated heterocycles. The largest absolute Gasteiger partial charge is 0.493 e. The molecule has 0 amide bonds. The van der Waals surface area contributed by atoms with Crippen LogP contribution in [0.25, 0.3) is 0 Å². The van der Waals surface area contributed by atoms with E-state index < -0.39 is 0 Å². The number of hydrogen-bond acceptors (Lipinski definition) is 5. The van der Waals surface area contributed by atoms with Gasteiger partial charge in [-0.1, -0.05) is 0 Å². The summed E-state index contributed by atoms with van der Waals surface area (Å²) in [7, 11) is 1.67. The van der Waals surface area contributed by atoms with Gasteiger partial charge in [-0.15, -0.1) is 0 Å². The van der Waals surface area contributed by atoms with E-state index in [1.165, 1.54) is 6.42 Å². The normalized spacial score (nSPS) is 17.8. The Balaban J connectivity index is 2.07. The Morgan fingerprint density at radius 3 is 3.12 bits per heavy atom. The molecule has 0 aliphatic carbocycles. The predicted octanol–water partition coefficient (Wildman–Crippen LogP) is 0.589. The standard InChI is InChI=1S/C12H20N4O/c1-10-14-8-12(17-2)11(15-10)9-16-6-3-4-13-5-7-16/h8,13H,3-7,9H2,1-2H3. The molecular formula is C12H20N4O. The third-order valence-corrected chi connectivity index (χ3v) is 2.98. The number of hydrogen-bond donors (Lipinski definition) is 1. The van der Waals surface area contributed by atoms with Gasteiger partial charge >= 0.3 is 0 Å². The van der Waals surface area contributed by atoms with Gasteiger partial charge in [0.2, 0.25) is 0 Å². The van der Waals surface area contributed by atoms with Crippen molar-refractivity contribution >= 4 is 0 Å². The van der Waals surface area contributed by atoms with E-state index in [4.69, 9.17) is 4.74 Å². The van der Waals surface area contributed by atoms with Gasteiger partial charge in [0.1, 0.15) is 11.5 Å². The quantitative estimate of drug-likeness (QED) is 0.832. The highest BCUT2D eigenvalue weighted by molar-refractivity contribution is 5.24. The molecule has 1 aromatic heterocycles. The highest BCUT2D eigenvalue weighted by Crippen LogP contribution is 2.16. The third kappa shape index (κ3) is 3.38. The summed E-state index contributed by atoms with van der Waals surface area (Å²) in [4.78, 5) is 11.0. The van der Waals surface area contributed by atoms with E-state index >= 15 is 0 Å². The van der Waals surface area contributed by atoms with Crippen LogP contribution >= 0.6 is 0 Å². The smallest absolute Gasteiger partial charge is 0.160 e. The molecule has 0 bridgehead atoms. The van der Waals surface area contributed by atoms with Crippen molar-refractivity contribution < 1.29 is 4.74 Å². The van der Waals surface area contributed by atoms with Gasteiger partial charge in [-0.3, -0.25) is 4.90 Å². The van der Waals surface area contributed by atoms with Crippen LogP contribution in [0.5, 0.6) is 5.75 Å². The minimum Gasteiger partial charge on any atom is -0.493 e. The molecule has 0 radical (unpaired) electrons. The highest BCUT2D eigenvalue weighted by Gasteiger charge is 2.13. The van der Waals surface area contributed by atoms with E-state index in [-0.39, 0.29) is 0 Å². The molecule has 2 heterocycles. The number of rotatable bonds is 3. The van der Waals surface area contributed by atoms with Crippen LogP contribution in [0, 0.1) is 6.92 Å². The van der Waals surface area contributed by atoms with Gasteiger partial charge in [0.15, 0.2) is 5.75 Å². The van der Waals surface area contributed by atoms with Crippen molar-refractivity contribution in [2.75, 3.05) is 33.3 Å². The summed E-state index contributed by atoms with van der Waals surface area (Å²) in [6.07, 6.45) is 2.94. The Kier molecular flexibility index (Phi) is 4.28. The van der Waals surface area contributed by atoms with Gasteiger partial charge in [-0.2, -0.15) is 0 Å². The predicted molar refractivity (Wildman–Crippen MR) is 66.1 cm³/mol. The molecule has 1 N–H and O–H groups in total. The molecule has 0 aromatic carbocycles. The Labute approximate surface area is 102 Å². The molecule has 0 unspecified atom stereocenters. The van der Waals surface area contributed by atoms with Crippen molar-refractivity contribution in [3.8, 4) is 5.75 Å². The van der Waals surface area contributed by atoms with E-state index in [1.54, 1.807) is 13.3 Å². The maximum Gasteiger partial charge on any atom is 0.160 e. The lowest BCUT2D eigenvalue weighted by Crippen LogP contribution is -2.28. The molecule has 5 nitrogen and oxygen atoms in total. The van der Waals surface area contributed by atoms with Gasteiger partial charge in [0.05, 0.1) is 13.3 Å². The highest BCUT2D eigenvalue weighted by atomic mass is 16.5. The van der Waals surface area contributed by atoms with Crippen LogP contribution in [0.4, 0.5) is 0 Å². The molecule has 1 aliphatic rings. The number of aromatic nitrogens is 2. The van der Waals surface area contributed by atoms with E-state index in [1.807, 2.05) is 6.92 Å². The summed E-state index contributed by atoms with van der Waals surface area (Å²) in [5, 5.41) is 3.40. The number of aryl methyl sites for hydroxylation is 1. The summed E-state index contributed by atoms with van der Waals surface area (Å²) < 4.78 is 5.31. The Morgan fingerprint density at radius 1 is 1.41 bits per heavy atom. The van der Waals surface area contributed by atoms with Crippen LogP contribution in [0.15, 0.2) is 6.20 Å². The zero-order valence-electron chi connectivity index (χ0n) is 10.6. The van der Waals surface area contributed by atoms with Crippen molar-refractivity contribution in [3.05, 3.63) is 17.7 Å². The number of methoxy groups -OCH3 is 1. The van der Waals surface area contributed by atoms with E-state index in [0.29, 0.717) is 0 Å². The van der Waals surface area contributed by atoms with E-state index in [2.05, 4.69) is 20.2 Å². The van der Waals surface area contributed by atoms with Crippen molar-refractivity contribution in [2.24, 2.45) is 0 Å². The first-order valence-electron chi connectivity index (χ1n) is 6.09. The van der Waals surface area contributed by atoms with Gasteiger partial charge in [-0.05, 0) is 26.4 Å².